The molecule has 0 saturated heterocycles. The molecule has 0 saturated carbocycles. The van der Waals surface area contributed by atoms with E-state index in [2.05, 4.69) is 6.07 Å². The molecule has 2 aromatic rings. The molecule has 1 N–H and O–H groups in total. The maximum absolute atomic E-state index is 12.6. The van der Waals surface area contributed by atoms with Crippen molar-refractivity contribution in [1.29, 1.82) is 0 Å². The molecular formula is C20H25O4PS. The molecule has 0 aliphatic heterocycles. The van der Waals surface area contributed by atoms with Gasteiger partial charge in [-0.05, 0) is 42.2 Å². The largest absolute Gasteiger partial charge is 0.630 e. The second-order valence-corrected chi connectivity index (χ2v) is 9.44. The topological polar surface area (TPSA) is 69.6 Å². The van der Waals surface area contributed by atoms with E-state index in [1.807, 2.05) is 50.2 Å². The van der Waals surface area contributed by atoms with Gasteiger partial charge in [0.2, 0.25) is 5.60 Å². The minimum atomic E-state index is -1.83. The number of aliphatic carboxylic acids is 1. The Labute approximate surface area is 160 Å². The zero-order chi connectivity index (χ0) is 19.2. The highest BCUT2D eigenvalue weighted by molar-refractivity contribution is 8.04. The number of carbonyl (C=O) groups is 1. The van der Waals surface area contributed by atoms with E-state index in [1.165, 1.54) is 17.6 Å². The third kappa shape index (κ3) is 5.55. The van der Waals surface area contributed by atoms with Gasteiger partial charge in [0, 0.05) is 11.5 Å². The van der Waals surface area contributed by atoms with E-state index in [0.717, 1.165) is 15.7 Å². The number of ether oxygens (including phenoxy) is 1. The van der Waals surface area contributed by atoms with E-state index >= 15 is 0 Å². The van der Waals surface area contributed by atoms with Crippen LogP contribution in [0.5, 0.6) is 0 Å². The molecule has 4 nitrogen and oxygen atoms in total. The molecule has 0 radical (unpaired) electrons. The molecule has 0 bridgehead atoms. The molecule has 2 aromatic carbocycles. The Kier molecular flexibility index (Phi) is 7.66. The molecule has 0 aromatic heterocycles. The summed E-state index contributed by atoms with van der Waals surface area (Å²) in [5, 5.41) is 12.0. The highest BCUT2D eigenvalue weighted by Crippen LogP contribution is 2.32. The van der Waals surface area contributed by atoms with Crippen molar-refractivity contribution in [3.05, 3.63) is 42.5 Å². The number of carboxylic acids is 1. The summed E-state index contributed by atoms with van der Waals surface area (Å²) < 4.78 is 5.53. The van der Waals surface area contributed by atoms with E-state index in [1.54, 1.807) is 6.92 Å². The van der Waals surface area contributed by atoms with Gasteiger partial charge in [0.05, 0.1) is 7.77 Å². The predicted molar refractivity (Wildman–Crippen MR) is 109 cm³/mol. The lowest BCUT2D eigenvalue weighted by molar-refractivity contribution is -0.159. The van der Waals surface area contributed by atoms with Crippen molar-refractivity contribution >= 4 is 42.1 Å². The van der Waals surface area contributed by atoms with Crippen LogP contribution >= 0.6 is 19.5 Å². The number of rotatable bonds is 9. The molecule has 6 heteroatoms. The van der Waals surface area contributed by atoms with Crippen molar-refractivity contribution in [3.63, 3.8) is 0 Å². The number of hydrogen-bond acceptors (Lipinski definition) is 4. The number of benzene rings is 2. The van der Waals surface area contributed by atoms with Crippen molar-refractivity contribution in [2.45, 2.75) is 37.7 Å². The molecule has 0 amide bonds. The fraction of sp³-hybridized carbons (Fsp3) is 0.400. The summed E-state index contributed by atoms with van der Waals surface area (Å²) in [5.41, 5.74) is -1.16. The van der Waals surface area contributed by atoms with Gasteiger partial charge >= 0.3 is 5.97 Å². The quantitative estimate of drug-likeness (QED) is 0.507. The Morgan fingerprint density at radius 2 is 2.00 bits per heavy atom. The maximum atomic E-state index is 12.6. The van der Waals surface area contributed by atoms with Crippen LogP contribution in [0.1, 0.15) is 27.2 Å². The smallest absolute Gasteiger partial charge is 0.344 e. The fourth-order valence-electron chi connectivity index (χ4n) is 2.88. The Morgan fingerprint density at radius 1 is 1.31 bits per heavy atom. The van der Waals surface area contributed by atoms with Gasteiger partial charge in [-0.1, -0.05) is 55.9 Å². The molecule has 0 aliphatic rings. The molecular weight excluding hydrogens is 367 g/mol. The fourth-order valence-corrected chi connectivity index (χ4v) is 5.42. The number of thioether (sulfide) groups is 1. The van der Waals surface area contributed by atoms with Crippen molar-refractivity contribution in [1.82, 2.24) is 0 Å². The zero-order valence-corrected chi connectivity index (χ0v) is 17.1. The highest BCUT2D eigenvalue weighted by atomic mass is 32.2. The molecule has 140 valence electrons. The Hall–Kier alpha value is -1.39. The Balaban J connectivity index is 2.16. The maximum Gasteiger partial charge on any atom is 0.344 e. The van der Waals surface area contributed by atoms with E-state index in [9.17, 15) is 14.8 Å². The van der Waals surface area contributed by atoms with Gasteiger partial charge in [0.25, 0.3) is 0 Å². The molecule has 0 spiro atoms. The standard InChI is InChI=1S/C20H25O4PS/c1-4-24-20(19(21)22,12-15(2)3)13-25(23)14-26-18-10-9-16-7-5-6-8-17(16)11-18/h5-11,13,15H,4,12,14H2,1-3H3,(H,21,22). The van der Waals surface area contributed by atoms with E-state index in [-0.39, 0.29) is 12.5 Å². The lowest BCUT2D eigenvalue weighted by Gasteiger charge is -2.26. The van der Waals surface area contributed by atoms with Crippen LogP contribution in [0.4, 0.5) is 0 Å². The molecule has 0 aliphatic carbocycles. The molecule has 2 unspecified atom stereocenters. The van der Waals surface area contributed by atoms with E-state index in [0.29, 0.717) is 11.9 Å². The molecule has 2 atom stereocenters. The van der Waals surface area contributed by atoms with Crippen LogP contribution in [0.25, 0.3) is 10.8 Å². The molecule has 0 fully saturated rings. The normalized spacial score (nSPS) is 14.6. The molecule has 26 heavy (non-hydrogen) atoms. The minimum Gasteiger partial charge on any atom is -0.630 e. The first-order valence-corrected chi connectivity index (χ1v) is 11.1. The van der Waals surface area contributed by atoms with Crippen molar-refractivity contribution in [2.75, 3.05) is 12.1 Å². The summed E-state index contributed by atoms with van der Waals surface area (Å²) in [6.45, 7) is 5.88. The first-order chi connectivity index (χ1) is 12.4. The van der Waals surface area contributed by atoms with Gasteiger partial charge in [-0.2, -0.15) is 0 Å². The first kappa shape index (κ1) is 20.9. The van der Waals surface area contributed by atoms with Crippen molar-refractivity contribution in [3.8, 4) is 0 Å². The number of fused-ring (bicyclic) bond motifs is 1. The van der Waals surface area contributed by atoms with Crippen LogP contribution in [0.15, 0.2) is 47.4 Å². The number of carboxylic acid groups (broad SMARTS) is 1. The van der Waals surface area contributed by atoms with Crippen molar-refractivity contribution < 1.29 is 19.5 Å². The van der Waals surface area contributed by atoms with Crippen LogP contribution in [-0.4, -0.2) is 34.6 Å². The number of hydrogen-bond donors (Lipinski definition) is 1. The average molecular weight is 392 g/mol. The van der Waals surface area contributed by atoms with Gasteiger partial charge in [0.1, 0.15) is 5.80 Å². The summed E-state index contributed by atoms with van der Waals surface area (Å²) in [5.74, 6) is 0.430. The van der Waals surface area contributed by atoms with Crippen LogP contribution in [0, 0.1) is 5.92 Å². The van der Waals surface area contributed by atoms with Crippen molar-refractivity contribution in [2.24, 2.45) is 5.92 Å². The van der Waals surface area contributed by atoms with Gasteiger partial charge < -0.3 is 14.7 Å². The average Bonchev–Trinajstić information content (AvgIpc) is 2.59. The monoisotopic (exact) mass is 392 g/mol. The lowest BCUT2D eigenvalue weighted by atomic mass is 9.94. The molecule has 2 rings (SSSR count). The third-order valence-electron chi connectivity index (χ3n) is 3.91. The van der Waals surface area contributed by atoms with Gasteiger partial charge in [-0.15, -0.1) is 0 Å². The zero-order valence-electron chi connectivity index (χ0n) is 15.3. The van der Waals surface area contributed by atoms with Gasteiger partial charge in [0.15, 0.2) is 5.49 Å². The van der Waals surface area contributed by atoms with Crippen LogP contribution in [0.2, 0.25) is 0 Å². The minimum absolute atomic E-state index is 0.116. The first-order valence-electron chi connectivity index (χ1n) is 8.65. The summed E-state index contributed by atoms with van der Waals surface area (Å²) in [6.07, 6.45) is 0.303. The summed E-state index contributed by atoms with van der Waals surface area (Å²) in [7, 11) is -1.83. The SMILES string of the molecule is CCOC(C=[P+]([O-])CSc1ccc2ccccc2c1)(CC(C)C)C(=O)O. The molecule has 0 heterocycles. The van der Waals surface area contributed by atoms with Gasteiger partial charge in [-0.3, -0.25) is 0 Å². The lowest BCUT2D eigenvalue weighted by Crippen LogP contribution is -2.44. The summed E-state index contributed by atoms with van der Waals surface area (Å²) in [6, 6.07) is 14.2. The van der Waals surface area contributed by atoms with E-state index < -0.39 is 19.3 Å². The second-order valence-electron chi connectivity index (χ2n) is 6.55. The van der Waals surface area contributed by atoms with Gasteiger partial charge in [-0.25, -0.2) is 4.79 Å². The second kappa shape index (κ2) is 9.52. The van der Waals surface area contributed by atoms with Crippen LogP contribution in [-0.2, 0) is 9.53 Å². The Morgan fingerprint density at radius 3 is 2.62 bits per heavy atom. The predicted octanol–water partition coefficient (Wildman–Crippen LogP) is 4.35. The third-order valence-corrected chi connectivity index (χ3v) is 6.73. The highest BCUT2D eigenvalue weighted by Gasteiger charge is 2.41. The summed E-state index contributed by atoms with van der Waals surface area (Å²) in [4.78, 5) is 25.4. The Bertz CT molecular complexity index is 790. The van der Waals surface area contributed by atoms with Crippen LogP contribution in [0.3, 0.4) is 0 Å². The summed E-state index contributed by atoms with van der Waals surface area (Å²) >= 11 is 1.47. The van der Waals surface area contributed by atoms with Crippen LogP contribution < -0.4 is 4.89 Å². The van der Waals surface area contributed by atoms with E-state index in [4.69, 9.17) is 4.74 Å².